The van der Waals surface area contributed by atoms with E-state index in [1.807, 2.05) is 30.3 Å². The first kappa shape index (κ1) is 27.6. The zero-order valence-corrected chi connectivity index (χ0v) is 22.8. The Balaban J connectivity index is 1.53. The van der Waals surface area contributed by atoms with Gasteiger partial charge in [0.05, 0.1) is 16.9 Å². The van der Waals surface area contributed by atoms with Crippen LogP contribution < -0.4 is 15.5 Å². The van der Waals surface area contributed by atoms with Gasteiger partial charge in [-0.1, -0.05) is 42.5 Å². The molecule has 5 rings (SSSR count). The highest BCUT2D eigenvalue weighted by atomic mass is 19.1. The molecule has 1 aliphatic heterocycles. The number of H-pyrrole nitrogens is 1. The number of aromatic nitrogens is 1. The fourth-order valence-corrected chi connectivity index (χ4v) is 4.81. The van der Waals surface area contributed by atoms with Gasteiger partial charge in [0.2, 0.25) is 11.5 Å². The van der Waals surface area contributed by atoms with E-state index in [4.69, 9.17) is 14.2 Å². The minimum absolute atomic E-state index is 0.000494. The van der Waals surface area contributed by atoms with Crippen LogP contribution in [0.4, 0.5) is 4.39 Å². The molecule has 40 heavy (non-hydrogen) atoms. The molecule has 8 nitrogen and oxygen atoms in total. The van der Waals surface area contributed by atoms with Crippen molar-refractivity contribution in [2.24, 2.45) is 0 Å². The van der Waals surface area contributed by atoms with Gasteiger partial charge >= 0.3 is 11.9 Å². The van der Waals surface area contributed by atoms with E-state index < -0.39 is 40.9 Å². The molecule has 2 aromatic carbocycles. The van der Waals surface area contributed by atoms with Crippen LogP contribution >= 0.6 is 0 Å². The van der Waals surface area contributed by atoms with Crippen molar-refractivity contribution in [3.63, 3.8) is 0 Å². The predicted octanol–water partition coefficient (Wildman–Crippen LogP) is 4.91. The van der Waals surface area contributed by atoms with Gasteiger partial charge in [-0.15, -0.1) is 0 Å². The summed E-state index contributed by atoms with van der Waals surface area (Å²) in [5.41, 5.74) is 0.407. The predicted molar refractivity (Wildman–Crippen MR) is 148 cm³/mol. The van der Waals surface area contributed by atoms with Crippen LogP contribution in [0.1, 0.15) is 67.4 Å². The molecule has 1 aliphatic carbocycles. The van der Waals surface area contributed by atoms with Crippen LogP contribution in [0.25, 0.3) is 10.9 Å². The van der Waals surface area contributed by atoms with E-state index in [9.17, 15) is 14.4 Å². The monoisotopic (exact) mass is 548 g/mol. The van der Waals surface area contributed by atoms with Crippen molar-refractivity contribution >= 4 is 22.8 Å². The Morgan fingerprint density at radius 2 is 1.90 bits per heavy atom. The summed E-state index contributed by atoms with van der Waals surface area (Å²) in [6, 6.07) is 10.1. The van der Waals surface area contributed by atoms with Crippen molar-refractivity contribution in [3.05, 3.63) is 87.5 Å². The van der Waals surface area contributed by atoms with Gasteiger partial charge in [-0.2, -0.15) is 0 Å². The third kappa shape index (κ3) is 5.94. The molecule has 9 heteroatoms. The van der Waals surface area contributed by atoms with Crippen LogP contribution in [0, 0.1) is 5.82 Å². The molecule has 2 fully saturated rings. The number of esters is 2. The average molecular weight is 549 g/mol. The number of halogens is 1. The molecule has 0 radical (unpaired) electrons. The Kier molecular flexibility index (Phi) is 7.51. The van der Waals surface area contributed by atoms with Crippen molar-refractivity contribution in [1.82, 2.24) is 10.3 Å². The Morgan fingerprint density at radius 3 is 2.52 bits per heavy atom. The average Bonchev–Trinajstić information content (AvgIpc) is 3.66. The highest BCUT2D eigenvalue weighted by Gasteiger charge is 2.39. The molecular formula is C31H33FN2O6. The van der Waals surface area contributed by atoms with Crippen molar-refractivity contribution in [2.75, 3.05) is 6.54 Å². The minimum atomic E-state index is -1.20. The van der Waals surface area contributed by atoms with Gasteiger partial charge in [0.15, 0.2) is 11.6 Å². The minimum Gasteiger partial charge on any atom is -0.472 e. The van der Waals surface area contributed by atoms with Crippen LogP contribution in [-0.4, -0.2) is 41.2 Å². The summed E-state index contributed by atoms with van der Waals surface area (Å²) >= 11 is 0. The Labute approximate surface area is 231 Å². The number of fused-ring (bicyclic) bond motifs is 1. The summed E-state index contributed by atoms with van der Waals surface area (Å²) < 4.78 is 33.1. The number of hydrogen-bond acceptors (Lipinski definition) is 7. The second kappa shape index (κ2) is 10.9. The molecule has 2 heterocycles. The van der Waals surface area contributed by atoms with Crippen LogP contribution in [-0.2, 0) is 20.9 Å². The van der Waals surface area contributed by atoms with Crippen molar-refractivity contribution < 1.29 is 28.2 Å². The molecular weight excluding hydrogens is 515 g/mol. The van der Waals surface area contributed by atoms with E-state index in [-0.39, 0.29) is 34.7 Å². The van der Waals surface area contributed by atoms with Crippen molar-refractivity contribution in [1.29, 1.82) is 0 Å². The molecule has 1 aromatic heterocycles. The van der Waals surface area contributed by atoms with Crippen LogP contribution in [0.2, 0.25) is 0 Å². The first-order valence-corrected chi connectivity index (χ1v) is 13.4. The molecule has 2 atom stereocenters. The fraction of sp³-hybridized carbons (Fsp3) is 0.387. The standard InChI is InChI=1S/C31H33FN2O6/c1-17-12-23(33-14-17)27(30(37)40-31(2,3)4)39-28-24(32)20(19-10-11-19)13-21-25(28)34-15-22(26(21)35)29(36)38-16-18-8-6-5-7-9-18/h5-9,13,15,19,23,27,33H,1,10-12,14,16H2,2-4H3,(H,34,35)/t23-,27?/m0/s1. The van der Waals surface area contributed by atoms with Gasteiger partial charge in [0.1, 0.15) is 17.8 Å². The van der Waals surface area contributed by atoms with Crippen molar-refractivity contribution in [3.8, 4) is 5.75 Å². The number of carbonyl (C=O) groups excluding carboxylic acids is 2. The molecule has 2 aliphatic rings. The summed E-state index contributed by atoms with van der Waals surface area (Å²) in [5, 5.41) is 3.28. The lowest BCUT2D eigenvalue weighted by molar-refractivity contribution is -0.164. The molecule has 1 unspecified atom stereocenters. The molecule has 2 N–H and O–H groups in total. The zero-order chi connectivity index (χ0) is 28.6. The number of hydrogen-bond donors (Lipinski definition) is 2. The van der Waals surface area contributed by atoms with Crippen molar-refractivity contribution in [2.45, 2.75) is 70.3 Å². The normalized spacial score (nSPS) is 18.0. The van der Waals surface area contributed by atoms with Crippen LogP contribution in [0.3, 0.4) is 0 Å². The Bertz CT molecular complexity index is 1520. The maximum Gasteiger partial charge on any atom is 0.349 e. The SMILES string of the molecule is C=C1CN[C@H](C(Oc2c(F)c(C3CC3)cc3c(=O)c(C(=O)OCc4ccccc4)c[nH]c23)C(=O)OC(C)(C)C)C1. The van der Waals surface area contributed by atoms with Gasteiger partial charge in [-0.25, -0.2) is 14.0 Å². The third-order valence-corrected chi connectivity index (χ3v) is 6.92. The van der Waals surface area contributed by atoms with Gasteiger partial charge in [0.25, 0.3) is 0 Å². The molecule has 1 saturated heterocycles. The lowest BCUT2D eigenvalue weighted by Gasteiger charge is -2.28. The molecule has 210 valence electrons. The number of pyridine rings is 1. The van der Waals surface area contributed by atoms with E-state index >= 15 is 4.39 Å². The topological polar surface area (TPSA) is 107 Å². The summed E-state index contributed by atoms with van der Waals surface area (Å²) in [5.74, 6) is -2.44. The maximum atomic E-state index is 16.0. The lowest BCUT2D eigenvalue weighted by atomic mass is 10.0. The van der Waals surface area contributed by atoms with Crippen LogP contribution in [0.5, 0.6) is 5.75 Å². The highest BCUT2D eigenvalue weighted by molar-refractivity contribution is 5.95. The number of ether oxygens (including phenoxy) is 3. The summed E-state index contributed by atoms with van der Waals surface area (Å²) in [6.45, 7) is 9.68. The van der Waals surface area contributed by atoms with E-state index in [1.165, 1.54) is 12.3 Å². The second-order valence-corrected chi connectivity index (χ2v) is 11.4. The van der Waals surface area contributed by atoms with Gasteiger partial charge < -0.3 is 24.5 Å². The van der Waals surface area contributed by atoms with Gasteiger partial charge in [0, 0.05) is 12.7 Å². The van der Waals surface area contributed by atoms with E-state index in [2.05, 4.69) is 16.9 Å². The Morgan fingerprint density at radius 1 is 1.18 bits per heavy atom. The second-order valence-electron chi connectivity index (χ2n) is 11.4. The molecule has 0 amide bonds. The molecule has 0 bridgehead atoms. The number of nitrogens with one attached hydrogen (secondary N) is 2. The molecule has 3 aromatic rings. The Hall–Kier alpha value is -3.98. The zero-order valence-electron chi connectivity index (χ0n) is 22.8. The number of benzene rings is 2. The van der Waals surface area contributed by atoms with Gasteiger partial charge in [-0.05, 0) is 63.1 Å². The lowest BCUT2D eigenvalue weighted by Crippen LogP contribution is -2.47. The summed E-state index contributed by atoms with van der Waals surface area (Å²) in [6.07, 6.45) is 1.96. The molecule has 0 spiro atoms. The summed E-state index contributed by atoms with van der Waals surface area (Å²) in [4.78, 5) is 42.5. The first-order chi connectivity index (χ1) is 19.0. The fourth-order valence-electron chi connectivity index (χ4n) is 4.81. The maximum absolute atomic E-state index is 16.0. The van der Waals surface area contributed by atoms with E-state index in [1.54, 1.807) is 20.8 Å². The third-order valence-electron chi connectivity index (χ3n) is 6.92. The largest absolute Gasteiger partial charge is 0.472 e. The quantitative estimate of drug-likeness (QED) is 0.304. The first-order valence-electron chi connectivity index (χ1n) is 13.4. The molecule has 1 saturated carbocycles. The van der Waals surface area contributed by atoms with E-state index in [0.29, 0.717) is 18.5 Å². The number of aromatic amines is 1. The smallest absolute Gasteiger partial charge is 0.349 e. The highest BCUT2D eigenvalue weighted by Crippen LogP contribution is 2.45. The number of rotatable bonds is 8. The van der Waals surface area contributed by atoms with Gasteiger partial charge in [-0.3, -0.25) is 4.79 Å². The van der Waals surface area contributed by atoms with E-state index in [0.717, 1.165) is 24.0 Å². The summed E-state index contributed by atoms with van der Waals surface area (Å²) in [7, 11) is 0. The van der Waals surface area contributed by atoms with Crippen LogP contribution in [0.15, 0.2) is 59.5 Å². The number of carbonyl (C=O) groups is 2.